The van der Waals surface area contributed by atoms with E-state index in [-0.39, 0.29) is 0 Å². The van der Waals surface area contributed by atoms with Crippen molar-refractivity contribution in [3.05, 3.63) is 64.1 Å². The Labute approximate surface area is 181 Å². The SMILES string of the molecule is O=[P+](O)OCCCNCc1ccc(SCCCCCc2ccccc2)c(Br)c1. The van der Waals surface area contributed by atoms with E-state index in [1.807, 2.05) is 11.8 Å². The fraction of sp³-hybridized carbons (Fsp3) is 0.429. The van der Waals surface area contributed by atoms with Crippen molar-refractivity contribution in [2.45, 2.75) is 43.5 Å². The molecular weight excluding hydrogens is 457 g/mol. The smallest absolute Gasteiger partial charge is 0.313 e. The number of halogens is 1. The number of hydrogen-bond donors (Lipinski definition) is 2. The highest BCUT2D eigenvalue weighted by Gasteiger charge is 2.10. The summed E-state index contributed by atoms with van der Waals surface area (Å²) in [5.41, 5.74) is 2.65. The van der Waals surface area contributed by atoms with E-state index in [1.54, 1.807) is 0 Å². The molecule has 0 aliphatic rings. The number of thioether (sulfide) groups is 1. The molecule has 0 bridgehead atoms. The molecule has 0 aromatic heterocycles. The number of rotatable bonds is 14. The molecule has 4 nitrogen and oxygen atoms in total. The van der Waals surface area contributed by atoms with Crippen LogP contribution >= 0.6 is 35.9 Å². The van der Waals surface area contributed by atoms with Gasteiger partial charge < -0.3 is 5.32 Å². The third-order valence-corrected chi connectivity index (χ3v) is 6.72. The largest absolute Gasteiger partial charge is 0.694 e. The van der Waals surface area contributed by atoms with Crippen molar-refractivity contribution >= 4 is 35.9 Å². The lowest BCUT2D eigenvalue weighted by Crippen LogP contribution is -2.15. The van der Waals surface area contributed by atoms with Gasteiger partial charge in [0.05, 0.1) is 0 Å². The van der Waals surface area contributed by atoms with Crippen LogP contribution in [0.2, 0.25) is 0 Å². The Morgan fingerprint density at radius 1 is 1.04 bits per heavy atom. The molecule has 1 atom stereocenters. The summed E-state index contributed by atoms with van der Waals surface area (Å²) >= 11 is 5.59. The van der Waals surface area contributed by atoms with Crippen LogP contribution in [0.4, 0.5) is 0 Å². The second-order valence-corrected chi connectivity index (χ2v) is 9.24. The molecule has 0 saturated heterocycles. The summed E-state index contributed by atoms with van der Waals surface area (Å²) in [7, 11) is -2.48. The molecule has 152 valence electrons. The molecule has 0 amide bonds. The van der Waals surface area contributed by atoms with Gasteiger partial charge >= 0.3 is 8.25 Å². The Morgan fingerprint density at radius 3 is 2.61 bits per heavy atom. The van der Waals surface area contributed by atoms with E-state index in [4.69, 9.17) is 4.89 Å². The summed E-state index contributed by atoms with van der Waals surface area (Å²) in [6.45, 7) is 1.82. The van der Waals surface area contributed by atoms with E-state index < -0.39 is 8.25 Å². The zero-order valence-electron chi connectivity index (χ0n) is 16.0. The van der Waals surface area contributed by atoms with Gasteiger partial charge in [0, 0.05) is 20.5 Å². The van der Waals surface area contributed by atoms with Gasteiger partial charge in [0.2, 0.25) is 0 Å². The van der Waals surface area contributed by atoms with E-state index in [0.717, 1.165) is 23.3 Å². The monoisotopic (exact) mass is 484 g/mol. The summed E-state index contributed by atoms with van der Waals surface area (Å²) in [4.78, 5) is 9.84. The molecule has 0 saturated carbocycles. The summed E-state index contributed by atoms with van der Waals surface area (Å²) in [6.07, 6.45) is 5.61. The predicted molar refractivity (Wildman–Crippen MR) is 121 cm³/mol. The van der Waals surface area contributed by atoms with E-state index in [0.29, 0.717) is 13.0 Å². The Balaban J connectivity index is 1.58. The molecular formula is C21H28BrNO3PS+. The minimum Gasteiger partial charge on any atom is -0.313 e. The molecule has 2 N–H and O–H groups in total. The molecule has 0 fully saturated rings. The highest BCUT2D eigenvalue weighted by molar-refractivity contribution is 9.10. The lowest BCUT2D eigenvalue weighted by Gasteiger charge is -2.08. The van der Waals surface area contributed by atoms with Gasteiger partial charge in [0.25, 0.3) is 0 Å². The van der Waals surface area contributed by atoms with Crippen LogP contribution in [0.1, 0.15) is 36.8 Å². The van der Waals surface area contributed by atoms with Crippen molar-refractivity contribution in [2.75, 3.05) is 18.9 Å². The average molecular weight is 485 g/mol. The van der Waals surface area contributed by atoms with Crippen molar-refractivity contribution in [1.82, 2.24) is 5.32 Å². The first-order valence-corrected chi connectivity index (χ1v) is 12.5. The molecule has 7 heteroatoms. The molecule has 2 aromatic carbocycles. The maximum absolute atomic E-state index is 10.4. The first kappa shape index (κ1) is 23.5. The van der Waals surface area contributed by atoms with Crippen molar-refractivity contribution in [3.63, 3.8) is 0 Å². The van der Waals surface area contributed by atoms with Crippen LogP contribution in [0.3, 0.4) is 0 Å². The topological polar surface area (TPSA) is 58.6 Å². The lowest BCUT2D eigenvalue weighted by molar-refractivity contribution is 0.276. The molecule has 0 heterocycles. The van der Waals surface area contributed by atoms with Crippen LogP contribution in [0, 0.1) is 0 Å². The minimum absolute atomic E-state index is 0.295. The molecule has 2 aromatic rings. The highest BCUT2D eigenvalue weighted by Crippen LogP contribution is 2.29. The third-order valence-electron chi connectivity index (χ3n) is 4.24. The average Bonchev–Trinajstić information content (AvgIpc) is 2.69. The van der Waals surface area contributed by atoms with Gasteiger partial charge in [-0.1, -0.05) is 42.8 Å². The fourth-order valence-electron chi connectivity index (χ4n) is 2.78. The second kappa shape index (κ2) is 14.3. The van der Waals surface area contributed by atoms with Gasteiger partial charge in [0.15, 0.2) is 0 Å². The number of aryl methyl sites for hydroxylation is 1. The van der Waals surface area contributed by atoms with Crippen LogP contribution in [-0.4, -0.2) is 23.8 Å². The summed E-state index contributed by atoms with van der Waals surface area (Å²) in [5.74, 6) is 1.14. The maximum Gasteiger partial charge on any atom is 0.694 e. The van der Waals surface area contributed by atoms with Gasteiger partial charge in [0.1, 0.15) is 6.61 Å². The van der Waals surface area contributed by atoms with Gasteiger partial charge in [-0.2, -0.15) is 0 Å². The molecule has 0 aliphatic carbocycles. The number of nitrogens with one attached hydrogen (secondary N) is 1. The summed E-state index contributed by atoms with van der Waals surface area (Å²) in [6, 6.07) is 17.2. The van der Waals surface area contributed by atoms with Gasteiger partial charge in [-0.15, -0.1) is 21.2 Å². The molecule has 28 heavy (non-hydrogen) atoms. The molecule has 0 radical (unpaired) electrons. The summed E-state index contributed by atoms with van der Waals surface area (Å²) in [5, 5.41) is 3.32. The Morgan fingerprint density at radius 2 is 1.86 bits per heavy atom. The number of unbranched alkanes of at least 4 members (excludes halogenated alkanes) is 2. The molecule has 1 unspecified atom stereocenters. The van der Waals surface area contributed by atoms with E-state index in [2.05, 4.69) is 74.3 Å². The van der Waals surface area contributed by atoms with Gasteiger partial charge in [-0.3, -0.25) is 0 Å². The van der Waals surface area contributed by atoms with Crippen LogP contribution < -0.4 is 5.32 Å². The van der Waals surface area contributed by atoms with Crippen molar-refractivity contribution in [3.8, 4) is 0 Å². The maximum atomic E-state index is 10.4. The standard InChI is InChI=1S/C21H27BrNO3PS/c22-20-16-19(17-23-13-7-14-26-27(24)25)11-12-21(20)28-15-6-2-5-10-18-8-3-1-4-9-18/h1,3-4,8-9,11-12,16,23H,2,5-7,10,13-15,17H2/p+1. The van der Waals surface area contributed by atoms with Gasteiger partial charge in [-0.05, 0) is 77.2 Å². The minimum atomic E-state index is -2.48. The van der Waals surface area contributed by atoms with Crippen molar-refractivity contribution in [1.29, 1.82) is 0 Å². The lowest BCUT2D eigenvalue weighted by atomic mass is 10.1. The van der Waals surface area contributed by atoms with Crippen LogP contribution in [-0.2, 0) is 22.1 Å². The highest BCUT2D eigenvalue weighted by atomic mass is 79.9. The van der Waals surface area contributed by atoms with Crippen LogP contribution in [0.25, 0.3) is 0 Å². The molecule has 2 rings (SSSR count). The van der Waals surface area contributed by atoms with Crippen molar-refractivity contribution in [2.24, 2.45) is 0 Å². The van der Waals surface area contributed by atoms with Crippen LogP contribution in [0.5, 0.6) is 0 Å². The number of benzene rings is 2. The van der Waals surface area contributed by atoms with E-state index in [1.165, 1.54) is 41.7 Å². The van der Waals surface area contributed by atoms with Crippen molar-refractivity contribution < 1.29 is 14.0 Å². The number of hydrogen-bond acceptors (Lipinski definition) is 4. The second-order valence-electron chi connectivity index (χ2n) is 6.51. The molecule has 0 spiro atoms. The Hall–Kier alpha value is -0.750. The first-order valence-electron chi connectivity index (χ1n) is 9.60. The van der Waals surface area contributed by atoms with Crippen LogP contribution in [0.15, 0.2) is 57.9 Å². The quantitative estimate of drug-likeness (QED) is 0.192. The first-order chi connectivity index (χ1) is 13.6. The zero-order valence-corrected chi connectivity index (χ0v) is 19.3. The zero-order chi connectivity index (χ0) is 20.0. The predicted octanol–water partition coefficient (Wildman–Crippen LogP) is 6.10. The molecule has 0 aliphatic heterocycles. The van der Waals surface area contributed by atoms with E-state index >= 15 is 0 Å². The summed E-state index contributed by atoms with van der Waals surface area (Å²) < 4.78 is 16.2. The van der Waals surface area contributed by atoms with E-state index in [9.17, 15) is 4.57 Å². The fourth-order valence-corrected chi connectivity index (χ4v) is 4.76. The Bertz CT molecular complexity index is 718. The third kappa shape index (κ3) is 10.1. The normalized spacial score (nSPS) is 11.6. The van der Waals surface area contributed by atoms with Gasteiger partial charge in [-0.25, -0.2) is 0 Å². The Kier molecular flexibility index (Phi) is 12.0.